The zero-order valence-corrected chi connectivity index (χ0v) is 11.2. The van der Waals surface area contributed by atoms with Crippen molar-refractivity contribution in [1.82, 2.24) is 4.98 Å². The summed E-state index contributed by atoms with van der Waals surface area (Å²) in [6.07, 6.45) is -2.74. The van der Waals surface area contributed by atoms with E-state index in [-0.39, 0.29) is 33.9 Å². The molecule has 0 aliphatic carbocycles. The molecule has 94 valence electrons. The molecule has 0 radical (unpaired) electrons. The van der Waals surface area contributed by atoms with Gasteiger partial charge in [0, 0.05) is 5.33 Å². The fraction of sp³-hybridized carbons (Fsp3) is 0.400. The van der Waals surface area contributed by atoms with Gasteiger partial charge in [-0.25, -0.2) is 18.6 Å². The van der Waals surface area contributed by atoms with Crippen molar-refractivity contribution in [3.05, 3.63) is 28.0 Å². The minimum Gasteiger partial charge on any atom is -0.461 e. The second-order valence-electron chi connectivity index (χ2n) is 3.00. The number of rotatable bonds is 4. The third-order valence-electron chi connectivity index (χ3n) is 1.92. The first-order valence-electron chi connectivity index (χ1n) is 4.71. The van der Waals surface area contributed by atoms with Crippen LogP contribution < -0.4 is 0 Å². The third kappa shape index (κ3) is 3.35. The zero-order valence-electron chi connectivity index (χ0n) is 8.84. The Hall–Kier alpha value is -0.750. The van der Waals surface area contributed by atoms with E-state index in [2.05, 4.69) is 20.9 Å². The van der Waals surface area contributed by atoms with Crippen molar-refractivity contribution in [2.75, 3.05) is 6.61 Å². The molecule has 0 N–H and O–H groups in total. The predicted octanol–water partition coefficient (Wildman–Crippen LogP) is 3.74. The van der Waals surface area contributed by atoms with E-state index < -0.39 is 12.4 Å². The summed E-state index contributed by atoms with van der Waals surface area (Å²) in [6, 6.07) is 1.09. The molecule has 3 nitrogen and oxygen atoms in total. The van der Waals surface area contributed by atoms with Crippen molar-refractivity contribution >= 4 is 33.5 Å². The van der Waals surface area contributed by atoms with Crippen LogP contribution in [0.1, 0.15) is 35.1 Å². The van der Waals surface area contributed by atoms with Gasteiger partial charge in [-0.3, -0.25) is 0 Å². The van der Waals surface area contributed by atoms with Crippen LogP contribution in [0.25, 0.3) is 0 Å². The maximum Gasteiger partial charge on any atom is 0.356 e. The number of ether oxygens (including phenoxy) is 1. The number of pyridine rings is 1. The van der Waals surface area contributed by atoms with Crippen LogP contribution in [0.15, 0.2) is 6.07 Å². The predicted molar refractivity (Wildman–Crippen MR) is 62.8 cm³/mol. The fourth-order valence-corrected chi connectivity index (χ4v) is 1.94. The van der Waals surface area contributed by atoms with E-state index in [0.29, 0.717) is 0 Å². The molecule has 1 aromatic heterocycles. The number of carbonyl (C=O) groups is 1. The van der Waals surface area contributed by atoms with Crippen LogP contribution in [0.5, 0.6) is 0 Å². The van der Waals surface area contributed by atoms with Crippen molar-refractivity contribution in [2.45, 2.75) is 18.7 Å². The van der Waals surface area contributed by atoms with Crippen molar-refractivity contribution < 1.29 is 18.3 Å². The van der Waals surface area contributed by atoms with E-state index in [0.717, 1.165) is 6.07 Å². The monoisotopic (exact) mass is 327 g/mol. The van der Waals surface area contributed by atoms with Gasteiger partial charge < -0.3 is 4.74 Å². The maximum atomic E-state index is 12.7. The van der Waals surface area contributed by atoms with Crippen LogP contribution in [0.4, 0.5) is 8.78 Å². The van der Waals surface area contributed by atoms with Gasteiger partial charge in [-0.05, 0) is 13.0 Å². The normalized spacial score (nSPS) is 10.7. The summed E-state index contributed by atoms with van der Waals surface area (Å²) in [5.41, 5.74) is -0.400. The molecular weight excluding hydrogens is 319 g/mol. The van der Waals surface area contributed by atoms with Gasteiger partial charge in [0.1, 0.15) is 5.69 Å². The van der Waals surface area contributed by atoms with Crippen molar-refractivity contribution in [1.29, 1.82) is 0 Å². The van der Waals surface area contributed by atoms with Gasteiger partial charge >= 0.3 is 5.97 Å². The lowest BCUT2D eigenvalue weighted by Crippen LogP contribution is -2.10. The number of hydrogen-bond acceptors (Lipinski definition) is 3. The van der Waals surface area contributed by atoms with E-state index in [1.165, 1.54) is 0 Å². The minimum absolute atomic E-state index is 0.0375. The van der Waals surface area contributed by atoms with Crippen LogP contribution in [-0.4, -0.2) is 17.6 Å². The van der Waals surface area contributed by atoms with Crippen LogP contribution in [0.3, 0.4) is 0 Å². The lowest BCUT2D eigenvalue weighted by Gasteiger charge is -2.10. The molecule has 0 bridgehead atoms. The summed E-state index contributed by atoms with van der Waals surface area (Å²) in [5, 5.41) is -0.105. The summed E-state index contributed by atoms with van der Waals surface area (Å²) < 4.78 is 30.1. The van der Waals surface area contributed by atoms with E-state index in [1.54, 1.807) is 6.92 Å². The highest BCUT2D eigenvalue weighted by atomic mass is 79.9. The molecule has 1 heterocycles. The number of esters is 1. The highest BCUT2D eigenvalue weighted by molar-refractivity contribution is 9.08. The summed E-state index contributed by atoms with van der Waals surface area (Å²) in [6.45, 7) is 1.82. The molecular formula is C10H9BrClF2NO2. The number of halogens is 4. The Bertz CT molecular complexity index is 429. The fourth-order valence-electron chi connectivity index (χ4n) is 1.22. The molecule has 0 atom stereocenters. The Morgan fingerprint density at radius 3 is 2.76 bits per heavy atom. The topological polar surface area (TPSA) is 39.2 Å². The smallest absolute Gasteiger partial charge is 0.356 e. The van der Waals surface area contributed by atoms with Gasteiger partial charge in [0.15, 0.2) is 0 Å². The van der Waals surface area contributed by atoms with Crippen molar-refractivity contribution in [3.63, 3.8) is 0 Å². The average Bonchev–Trinajstić information content (AvgIpc) is 2.27. The first kappa shape index (κ1) is 14.3. The molecule has 0 unspecified atom stereocenters. The maximum absolute atomic E-state index is 12.7. The molecule has 0 amide bonds. The highest BCUT2D eigenvalue weighted by Crippen LogP contribution is 2.31. The number of nitrogens with zero attached hydrogens (tertiary/aromatic N) is 1. The summed E-state index contributed by atoms with van der Waals surface area (Å²) in [7, 11) is 0. The molecule has 0 spiro atoms. The van der Waals surface area contributed by atoms with Gasteiger partial charge in [0.05, 0.1) is 22.9 Å². The van der Waals surface area contributed by atoms with Gasteiger partial charge in [0.2, 0.25) is 0 Å². The standard InChI is InChI=1S/C10H9BrClF2NO2/c1-2-17-10(16)6-3-5(12)8(9(13)14)7(4-11)15-6/h3,9H,2,4H2,1H3. The quantitative estimate of drug-likeness (QED) is 0.624. The zero-order chi connectivity index (χ0) is 13.0. The first-order valence-corrected chi connectivity index (χ1v) is 6.21. The van der Waals surface area contributed by atoms with Crippen LogP contribution in [0, 0.1) is 0 Å². The second-order valence-corrected chi connectivity index (χ2v) is 3.97. The molecule has 1 rings (SSSR count). The molecule has 1 aromatic rings. The summed E-state index contributed by atoms with van der Waals surface area (Å²) in [5.74, 6) is -0.683. The van der Waals surface area contributed by atoms with Crippen LogP contribution >= 0.6 is 27.5 Å². The molecule has 0 saturated heterocycles. The number of alkyl halides is 3. The SMILES string of the molecule is CCOC(=O)c1cc(Cl)c(C(F)F)c(CBr)n1. The Balaban J connectivity index is 3.22. The summed E-state index contributed by atoms with van der Waals surface area (Å²) in [4.78, 5) is 15.2. The van der Waals surface area contributed by atoms with Crippen molar-refractivity contribution in [3.8, 4) is 0 Å². The van der Waals surface area contributed by atoms with Crippen LogP contribution in [-0.2, 0) is 10.1 Å². The third-order valence-corrected chi connectivity index (χ3v) is 2.76. The van der Waals surface area contributed by atoms with E-state index in [9.17, 15) is 13.6 Å². The molecule has 0 aromatic carbocycles. The van der Waals surface area contributed by atoms with Gasteiger partial charge in [-0.1, -0.05) is 27.5 Å². The number of hydrogen-bond donors (Lipinski definition) is 0. The van der Waals surface area contributed by atoms with Crippen molar-refractivity contribution in [2.24, 2.45) is 0 Å². The first-order chi connectivity index (χ1) is 8.01. The molecule has 17 heavy (non-hydrogen) atoms. The number of carbonyl (C=O) groups excluding carboxylic acids is 1. The van der Waals surface area contributed by atoms with Gasteiger partial charge in [0.25, 0.3) is 6.43 Å². The molecule has 0 fully saturated rings. The van der Waals surface area contributed by atoms with E-state index in [1.807, 2.05) is 0 Å². The number of aromatic nitrogens is 1. The molecule has 0 aliphatic heterocycles. The highest BCUT2D eigenvalue weighted by Gasteiger charge is 2.21. The minimum atomic E-state index is -2.74. The summed E-state index contributed by atoms with van der Waals surface area (Å²) >= 11 is 8.73. The molecule has 0 aliphatic rings. The Labute approximate surface area is 110 Å². The average molecular weight is 329 g/mol. The van der Waals surface area contributed by atoms with Crippen LogP contribution in [0.2, 0.25) is 5.02 Å². The van der Waals surface area contributed by atoms with Gasteiger partial charge in [-0.15, -0.1) is 0 Å². The van der Waals surface area contributed by atoms with Gasteiger partial charge in [-0.2, -0.15) is 0 Å². The largest absolute Gasteiger partial charge is 0.461 e. The lowest BCUT2D eigenvalue weighted by molar-refractivity contribution is 0.0518. The molecule has 0 saturated carbocycles. The Kier molecular flexibility index (Phi) is 5.27. The second kappa shape index (κ2) is 6.26. The Morgan fingerprint density at radius 2 is 2.29 bits per heavy atom. The van der Waals surface area contributed by atoms with E-state index >= 15 is 0 Å². The van der Waals surface area contributed by atoms with E-state index in [4.69, 9.17) is 16.3 Å². The Morgan fingerprint density at radius 1 is 1.65 bits per heavy atom. The lowest BCUT2D eigenvalue weighted by atomic mass is 10.2. The molecule has 7 heteroatoms.